The van der Waals surface area contributed by atoms with Gasteiger partial charge in [0.1, 0.15) is 11.3 Å². The summed E-state index contributed by atoms with van der Waals surface area (Å²) in [5.41, 5.74) is 1.99. The van der Waals surface area contributed by atoms with Crippen LogP contribution in [0.25, 0.3) is 11.0 Å². The summed E-state index contributed by atoms with van der Waals surface area (Å²) in [4.78, 5) is 0. The summed E-state index contributed by atoms with van der Waals surface area (Å²) in [6.07, 6.45) is 0.951. The lowest BCUT2D eigenvalue weighted by atomic mass is 9.99. The summed E-state index contributed by atoms with van der Waals surface area (Å²) in [5.74, 6) is 2.13. The second-order valence-corrected chi connectivity index (χ2v) is 7.23. The van der Waals surface area contributed by atoms with Crippen LogP contribution in [0.4, 0.5) is 0 Å². The maximum absolute atomic E-state index is 6.38. The van der Waals surface area contributed by atoms with Gasteiger partial charge in [0.25, 0.3) is 0 Å². The molecule has 1 heterocycles. The average molecular weight is 328 g/mol. The second kappa shape index (κ2) is 7.04. The molecule has 0 radical (unpaired) electrons. The molecular formula is C17H23Cl2NO. The van der Waals surface area contributed by atoms with Crippen molar-refractivity contribution in [2.24, 2.45) is 11.8 Å². The van der Waals surface area contributed by atoms with Crippen molar-refractivity contribution >= 4 is 34.2 Å². The number of hydrogen-bond acceptors (Lipinski definition) is 2. The Kier molecular flexibility index (Phi) is 5.59. The van der Waals surface area contributed by atoms with Gasteiger partial charge in [0, 0.05) is 22.0 Å². The van der Waals surface area contributed by atoms with Gasteiger partial charge in [-0.3, -0.25) is 0 Å². The number of fused-ring (bicyclic) bond motifs is 1. The molecule has 0 saturated heterocycles. The van der Waals surface area contributed by atoms with Gasteiger partial charge in [-0.15, -0.1) is 0 Å². The van der Waals surface area contributed by atoms with E-state index >= 15 is 0 Å². The Labute approximate surface area is 136 Å². The number of benzene rings is 1. The van der Waals surface area contributed by atoms with Crippen LogP contribution in [0.15, 0.2) is 16.5 Å². The maximum atomic E-state index is 6.38. The molecule has 0 saturated carbocycles. The molecule has 0 atom stereocenters. The van der Waals surface area contributed by atoms with Gasteiger partial charge in [-0.2, -0.15) is 0 Å². The smallest absolute Gasteiger partial charge is 0.137 e. The molecule has 1 N–H and O–H groups in total. The molecule has 4 heteroatoms. The standard InChI is InChI=1S/C17H23Cl2NO/c1-10(2)5-13-16(9-20-8-11(3)4)21-15-7-12(18)6-14(19)17(13)15/h6-7,10-11,20H,5,8-9H2,1-4H3. The molecule has 2 nitrogen and oxygen atoms in total. The largest absolute Gasteiger partial charge is 0.459 e. The van der Waals surface area contributed by atoms with Crippen LogP contribution in [-0.4, -0.2) is 6.54 Å². The van der Waals surface area contributed by atoms with Crippen LogP contribution in [0.5, 0.6) is 0 Å². The van der Waals surface area contributed by atoms with E-state index in [4.69, 9.17) is 27.6 Å². The summed E-state index contributed by atoms with van der Waals surface area (Å²) in [6, 6.07) is 3.63. The summed E-state index contributed by atoms with van der Waals surface area (Å²) in [6.45, 7) is 10.5. The molecule has 1 aromatic carbocycles. The molecule has 2 aromatic rings. The molecule has 21 heavy (non-hydrogen) atoms. The van der Waals surface area contributed by atoms with Crippen molar-refractivity contribution in [2.75, 3.05) is 6.54 Å². The van der Waals surface area contributed by atoms with Crippen molar-refractivity contribution in [3.05, 3.63) is 33.5 Å². The Morgan fingerprint density at radius 3 is 2.43 bits per heavy atom. The summed E-state index contributed by atoms with van der Waals surface area (Å²) >= 11 is 12.5. The SMILES string of the molecule is CC(C)CNCc1oc2cc(Cl)cc(Cl)c2c1CC(C)C. The molecule has 0 aliphatic heterocycles. The predicted octanol–water partition coefficient (Wildman–Crippen LogP) is 5.68. The molecule has 0 unspecified atom stereocenters. The van der Waals surface area contributed by atoms with E-state index < -0.39 is 0 Å². The van der Waals surface area contributed by atoms with E-state index in [0.717, 1.165) is 36.2 Å². The second-order valence-electron chi connectivity index (χ2n) is 6.39. The number of rotatable bonds is 6. The first-order chi connectivity index (χ1) is 9.88. The summed E-state index contributed by atoms with van der Waals surface area (Å²) in [5, 5.41) is 5.73. The maximum Gasteiger partial charge on any atom is 0.137 e. The molecule has 116 valence electrons. The Hall–Kier alpha value is -0.700. The zero-order valence-electron chi connectivity index (χ0n) is 13.1. The number of furan rings is 1. The zero-order chi connectivity index (χ0) is 15.6. The van der Waals surface area contributed by atoms with E-state index in [1.54, 1.807) is 6.07 Å². The monoisotopic (exact) mass is 327 g/mol. The molecule has 2 rings (SSSR count). The van der Waals surface area contributed by atoms with Gasteiger partial charge in [-0.25, -0.2) is 0 Å². The van der Waals surface area contributed by atoms with E-state index in [0.29, 0.717) is 21.9 Å². The van der Waals surface area contributed by atoms with E-state index in [9.17, 15) is 0 Å². The fraction of sp³-hybridized carbons (Fsp3) is 0.529. The van der Waals surface area contributed by atoms with Crippen LogP contribution < -0.4 is 5.32 Å². The average Bonchev–Trinajstić information content (AvgIpc) is 2.66. The minimum atomic E-state index is 0.543. The minimum Gasteiger partial charge on any atom is -0.459 e. The van der Waals surface area contributed by atoms with Crippen LogP contribution in [0, 0.1) is 11.8 Å². The highest BCUT2D eigenvalue weighted by atomic mass is 35.5. The quantitative estimate of drug-likeness (QED) is 0.737. The summed E-state index contributed by atoms with van der Waals surface area (Å²) < 4.78 is 6.01. The Balaban J connectivity index is 2.40. The molecule has 0 aliphatic rings. The molecule has 1 aromatic heterocycles. The summed E-state index contributed by atoms with van der Waals surface area (Å²) in [7, 11) is 0. The van der Waals surface area contributed by atoms with E-state index in [2.05, 4.69) is 33.0 Å². The highest BCUT2D eigenvalue weighted by Gasteiger charge is 2.18. The predicted molar refractivity (Wildman–Crippen MR) is 91.3 cm³/mol. The van der Waals surface area contributed by atoms with Gasteiger partial charge in [-0.1, -0.05) is 50.9 Å². The molecule has 0 bridgehead atoms. The van der Waals surface area contributed by atoms with Crippen molar-refractivity contribution in [3.8, 4) is 0 Å². The molecule has 0 aliphatic carbocycles. The van der Waals surface area contributed by atoms with Crippen molar-refractivity contribution in [2.45, 2.75) is 40.7 Å². The first kappa shape index (κ1) is 16.7. The van der Waals surface area contributed by atoms with Crippen LogP contribution >= 0.6 is 23.2 Å². The normalized spacial score (nSPS) is 12.0. The van der Waals surface area contributed by atoms with Gasteiger partial charge in [-0.05, 0) is 30.9 Å². The zero-order valence-corrected chi connectivity index (χ0v) is 14.6. The van der Waals surface area contributed by atoms with Crippen LogP contribution in [0.3, 0.4) is 0 Å². The highest BCUT2D eigenvalue weighted by molar-refractivity contribution is 6.38. The van der Waals surface area contributed by atoms with Crippen LogP contribution in [0.2, 0.25) is 10.0 Å². The van der Waals surface area contributed by atoms with Crippen molar-refractivity contribution < 1.29 is 4.42 Å². The van der Waals surface area contributed by atoms with Gasteiger partial charge in [0.05, 0.1) is 11.6 Å². The lowest BCUT2D eigenvalue weighted by Crippen LogP contribution is -2.19. The van der Waals surface area contributed by atoms with Crippen molar-refractivity contribution in [3.63, 3.8) is 0 Å². The van der Waals surface area contributed by atoms with Gasteiger partial charge in [0.2, 0.25) is 0 Å². The number of halogens is 2. The number of nitrogens with one attached hydrogen (secondary N) is 1. The third-order valence-corrected chi connectivity index (χ3v) is 3.86. The third kappa shape index (κ3) is 4.15. The van der Waals surface area contributed by atoms with Gasteiger partial charge < -0.3 is 9.73 Å². The Bertz CT molecular complexity index is 617. The first-order valence-electron chi connectivity index (χ1n) is 7.48. The van der Waals surface area contributed by atoms with Crippen LogP contribution in [0.1, 0.15) is 39.0 Å². The van der Waals surface area contributed by atoms with Gasteiger partial charge in [0.15, 0.2) is 0 Å². The molecular weight excluding hydrogens is 305 g/mol. The fourth-order valence-corrected chi connectivity index (χ4v) is 3.09. The minimum absolute atomic E-state index is 0.543. The van der Waals surface area contributed by atoms with E-state index in [1.165, 1.54) is 5.56 Å². The highest BCUT2D eigenvalue weighted by Crippen LogP contribution is 2.35. The molecule has 0 fully saturated rings. The third-order valence-electron chi connectivity index (χ3n) is 3.34. The van der Waals surface area contributed by atoms with Crippen molar-refractivity contribution in [1.29, 1.82) is 0 Å². The fourth-order valence-electron chi connectivity index (χ4n) is 2.50. The Morgan fingerprint density at radius 1 is 1.10 bits per heavy atom. The first-order valence-corrected chi connectivity index (χ1v) is 8.24. The molecule has 0 amide bonds. The van der Waals surface area contributed by atoms with E-state index in [-0.39, 0.29) is 0 Å². The Morgan fingerprint density at radius 2 is 1.81 bits per heavy atom. The lowest BCUT2D eigenvalue weighted by molar-refractivity contribution is 0.476. The van der Waals surface area contributed by atoms with E-state index in [1.807, 2.05) is 6.07 Å². The molecule has 0 spiro atoms. The lowest BCUT2D eigenvalue weighted by Gasteiger charge is -2.09. The van der Waals surface area contributed by atoms with Crippen LogP contribution in [-0.2, 0) is 13.0 Å². The number of hydrogen-bond donors (Lipinski definition) is 1. The topological polar surface area (TPSA) is 25.2 Å². The van der Waals surface area contributed by atoms with Gasteiger partial charge >= 0.3 is 0 Å². The van der Waals surface area contributed by atoms with Crippen molar-refractivity contribution in [1.82, 2.24) is 5.32 Å².